The first-order valence-corrected chi connectivity index (χ1v) is 8.63. The second-order valence-electron chi connectivity index (χ2n) is 6.23. The highest BCUT2D eigenvalue weighted by molar-refractivity contribution is 6.12. The number of hydrogen-bond acceptors (Lipinski definition) is 4. The average Bonchev–Trinajstić information content (AvgIpc) is 2.71. The molecule has 0 atom stereocenters. The van der Waals surface area contributed by atoms with Crippen LogP contribution in [-0.2, 0) is 0 Å². The lowest BCUT2D eigenvalue weighted by Gasteiger charge is -2.06. The maximum atomic E-state index is 12.9. The van der Waals surface area contributed by atoms with E-state index in [9.17, 15) is 9.90 Å². The number of benzene rings is 3. The monoisotopic (exact) mass is 356 g/mol. The van der Waals surface area contributed by atoms with E-state index in [0.29, 0.717) is 16.8 Å². The lowest BCUT2D eigenvalue weighted by Crippen LogP contribution is -2.04. The quantitative estimate of drug-likeness (QED) is 0.256. The molecule has 27 heavy (non-hydrogen) atoms. The first kappa shape index (κ1) is 18.3. The van der Waals surface area contributed by atoms with E-state index in [0.717, 1.165) is 11.1 Å². The van der Waals surface area contributed by atoms with Gasteiger partial charge in [-0.25, -0.2) is 0 Å². The third-order valence-corrected chi connectivity index (χ3v) is 4.28. The Morgan fingerprint density at radius 3 is 1.96 bits per heavy atom. The molecule has 0 aliphatic heterocycles. The van der Waals surface area contributed by atoms with Crippen molar-refractivity contribution < 1.29 is 9.90 Å². The lowest BCUT2D eigenvalue weighted by atomic mass is 10.1. The zero-order valence-electron chi connectivity index (χ0n) is 15.3. The van der Waals surface area contributed by atoms with E-state index in [2.05, 4.69) is 10.2 Å². The highest BCUT2D eigenvalue weighted by Gasteiger charge is 2.18. The molecule has 0 aliphatic carbocycles. The van der Waals surface area contributed by atoms with Gasteiger partial charge in [0.1, 0.15) is 0 Å². The molecule has 0 aliphatic rings. The van der Waals surface area contributed by atoms with Crippen LogP contribution in [0.2, 0.25) is 0 Å². The van der Waals surface area contributed by atoms with Crippen LogP contribution in [-0.4, -0.2) is 10.9 Å². The summed E-state index contributed by atoms with van der Waals surface area (Å²) in [4.78, 5) is 12.9. The number of aryl methyl sites for hydroxylation is 2. The standard InChI is InChI=1S/C23H20N2O2/c1-16-13-14-20(15-17(16)2)24-25-21(22(26)18-9-5-3-6-10-18)23(27)19-11-7-4-8-12-19/h3-15,26H,1-2H3. The second-order valence-corrected chi connectivity index (χ2v) is 6.23. The van der Waals surface area contributed by atoms with Gasteiger partial charge in [0, 0.05) is 11.1 Å². The third kappa shape index (κ3) is 4.36. The van der Waals surface area contributed by atoms with Crippen LogP contribution in [0.25, 0.3) is 5.76 Å². The number of carbonyl (C=O) groups is 1. The van der Waals surface area contributed by atoms with Crippen LogP contribution in [0.15, 0.2) is 94.8 Å². The van der Waals surface area contributed by atoms with Gasteiger partial charge in [0.25, 0.3) is 0 Å². The van der Waals surface area contributed by atoms with Gasteiger partial charge in [-0.3, -0.25) is 4.79 Å². The summed E-state index contributed by atoms with van der Waals surface area (Å²) in [6.07, 6.45) is 0. The summed E-state index contributed by atoms with van der Waals surface area (Å²) in [5.41, 5.74) is 3.71. The van der Waals surface area contributed by atoms with Crippen LogP contribution in [0.4, 0.5) is 5.69 Å². The van der Waals surface area contributed by atoms with Crippen molar-refractivity contribution in [3.05, 3.63) is 107 Å². The van der Waals surface area contributed by atoms with Crippen LogP contribution in [0.1, 0.15) is 27.0 Å². The summed E-state index contributed by atoms with van der Waals surface area (Å²) in [6, 6.07) is 23.3. The molecule has 0 fully saturated rings. The maximum Gasteiger partial charge on any atom is 0.217 e. The molecule has 3 aromatic carbocycles. The number of rotatable bonds is 5. The molecule has 0 saturated carbocycles. The Morgan fingerprint density at radius 2 is 1.37 bits per heavy atom. The fourth-order valence-corrected chi connectivity index (χ4v) is 2.55. The molecule has 0 saturated heterocycles. The number of allylic oxidation sites excluding steroid dienone is 1. The molecular weight excluding hydrogens is 336 g/mol. The minimum absolute atomic E-state index is 0.0920. The molecule has 0 bridgehead atoms. The van der Waals surface area contributed by atoms with Gasteiger partial charge < -0.3 is 5.11 Å². The predicted molar refractivity (Wildman–Crippen MR) is 107 cm³/mol. The first-order valence-electron chi connectivity index (χ1n) is 8.63. The minimum Gasteiger partial charge on any atom is -0.505 e. The molecule has 0 amide bonds. The highest BCUT2D eigenvalue weighted by atomic mass is 16.3. The van der Waals surface area contributed by atoms with Crippen molar-refractivity contribution in [3.8, 4) is 0 Å². The van der Waals surface area contributed by atoms with E-state index in [4.69, 9.17) is 0 Å². The Hall–Kier alpha value is -3.53. The van der Waals surface area contributed by atoms with Gasteiger partial charge in [0.2, 0.25) is 5.78 Å². The van der Waals surface area contributed by atoms with Crippen molar-refractivity contribution in [2.24, 2.45) is 10.2 Å². The van der Waals surface area contributed by atoms with Crippen molar-refractivity contribution >= 4 is 17.2 Å². The fraction of sp³-hybridized carbons (Fsp3) is 0.0870. The number of ketones is 1. The van der Waals surface area contributed by atoms with Crippen molar-refractivity contribution in [2.45, 2.75) is 13.8 Å². The largest absolute Gasteiger partial charge is 0.505 e. The Bertz CT molecular complexity index is 1010. The van der Waals surface area contributed by atoms with Crippen LogP contribution >= 0.6 is 0 Å². The van der Waals surface area contributed by atoms with Crippen molar-refractivity contribution in [1.82, 2.24) is 0 Å². The highest BCUT2D eigenvalue weighted by Crippen LogP contribution is 2.24. The second kappa shape index (κ2) is 8.23. The molecule has 1 N–H and O–H groups in total. The molecule has 4 heteroatoms. The minimum atomic E-state index is -0.385. The molecule has 3 rings (SSSR count). The molecule has 0 heterocycles. The summed E-state index contributed by atoms with van der Waals surface area (Å²) >= 11 is 0. The topological polar surface area (TPSA) is 62.0 Å². The van der Waals surface area contributed by atoms with Crippen LogP contribution in [0, 0.1) is 13.8 Å². The van der Waals surface area contributed by atoms with Gasteiger partial charge in [0.15, 0.2) is 11.5 Å². The van der Waals surface area contributed by atoms with Crippen molar-refractivity contribution in [1.29, 1.82) is 0 Å². The van der Waals surface area contributed by atoms with Gasteiger partial charge in [-0.05, 0) is 37.1 Å². The number of aliphatic hydroxyl groups excluding tert-OH is 1. The van der Waals surface area contributed by atoms with E-state index in [1.165, 1.54) is 0 Å². The summed E-state index contributed by atoms with van der Waals surface area (Å²) in [5, 5.41) is 19.0. The van der Waals surface area contributed by atoms with Crippen molar-refractivity contribution in [2.75, 3.05) is 0 Å². The molecule has 0 unspecified atom stereocenters. The van der Waals surface area contributed by atoms with Crippen LogP contribution in [0.3, 0.4) is 0 Å². The normalized spacial score (nSPS) is 12.1. The Kier molecular flexibility index (Phi) is 5.57. The van der Waals surface area contributed by atoms with E-state index in [1.807, 2.05) is 44.2 Å². The smallest absolute Gasteiger partial charge is 0.217 e. The Balaban J connectivity index is 2.06. The Labute approximate surface area is 158 Å². The summed E-state index contributed by atoms with van der Waals surface area (Å²) in [6.45, 7) is 4.00. The van der Waals surface area contributed by atoms with E-state index in [1.54, 1.807) is 48.5 Å². The summed E-state index contributed by atoms with van der Waals surface area (Å²) < 4.78 is 0. The van der Waals surface area contributed by atoms with Crippen LogP contribution in [0.5, 0.6) is 0 Å². The zero-order chi connectivity index (χ0) is 19.2. The predicted octanol–water partition coefficient (Wildman–Crippen LogP) is 6.20. The number of aliphatic hydroxyl groups is 1. The lowest BCUT2D eigenvalue weighted by molar-refractivity contribution is 0.103. The number of hydrogen-bond donors (Lipinski definition) is 1. The fourth-order valence-electron chi connectivity index (χ4n) is 2.55. The molecule has 0 spiro atoms. The zero-order valence-corrected chi connectivity index (χ0v) is 15.3. The summed E-state index contributed by atoms with van der Waals surface area (Å²) in [5.74, 6) is -0.582. The van der Waals surface area contributed by atoms with E-state index in [-0.39, 0.29) is 17.2 Å². The number of nitrogens with zero attached hydrogens (tertiary/aromatic N) is 2. The number of Topliss-reactive ketones (excluding diaryl/α,β-unsaturated/α-hetero) is 1. The van der Waals surface area contributed by atoms with Crippen LogP contribution < -0.4 is 0 Å². The SMILES string of the molecule is Cc1ccc(N=NC(C(=O)c2ccccc2)=C(O)c2ccccc2)cc1C. The van der Waals surface area contributed by atoms with Gasteiger partial charge in [-0.15, -0.1) is 5.11 Å². The molecule has 0 radical (unpaired) electrons. The van der Waals surface area contributed by atoms with Gasteiger partial charge in [-0.2, -0.15) is 5.11 Å². The van der Waals surface area contributed by atoms with Gasteiger partial charge in [-0.1, -0.05) is 66.7 Å². The van der Waals surface area contributed by atoms with Gasteiger partial charge in [0.05, 0.1) is 5.69 Å². The molecule has 4 nitrogen and oxygen atoms in total. The van der Waals surface area contributed by atoms with Crippen molar-refractivity contribution in [3.63, 3.8) is 0 Å². The molecular formula is C23H20N2O2. The number of azo groups is 1. The Morgan fingerprint density at radius 1 is 0.778 bits per heavy atom. The summed E-state index contributed by atoms with van der Waals surface area (Å²) in [7, 11) is 0. The molecule has 0 aromatic heterocycles. The van der Waals surface area contributed by atoms with E-state index >= 15 is 0 Å². The number of carbonyl (C=O) groups excluding carboxylic acids is 1. The molecule has 134 valence electrons. The third-order valence-electron chi connectivity index (χ3n) is 4.28. The first-order chi connectivity index (χ1) is 13.1. The van der Waals surface area contributed by atoms with E-state index < -0.39 is 0 Å². The maximum absolute atomic E-state index is 12.9. The average molecular weight is 356 g/mol. The molecule has 3 aromatic rings. The van der Waals surface area contributed by atoms with Gasteiger partial charge >= 0.3 is 0 Å².